The molecule has 2 aromatic carbocycles. The van der Waals surface area contributed by atoms with Crippen LogP contribution in [0, 0.1) is 6.92 Å². The minimum atomic E-state index is -0.238. The van der Waals surface area contributed by atoms with Crippen molar-refractivity contribution < 1.29 is 13.9 Å². The molecule has 152 valence electrons. The van der Waals surface area contributed by atoms with E-state index in [1.54, 1.807) is 31.4 Å². The second-order valence-corrected chi connectivity index (χ2v) is 8.33. The van der Waals surface area contributed by atoms with Crippen LogP contribution >= 0.6 is 35.0 Å². The molecule has 0 unspecified atom stereocenters. The Morgan fingerprint density at radius 3 is 2.70 bits per heavy atom. The Hall–Kier alpha value is -2.67. The number of amides is 1. The number of rotatable bonds is 4. The van der Waals surface area contributed by atoms with Gasteiger partial charge >= 0.3 is 0 Å². The van der Waals surface area contributed by atoms with Crippen molar-refractivity contribution in [2.45, 2.75) is 6.92 Å². The average molecular weight is 459 g/mol. The summed E-state index contributed by atoms with van der Waals surface area (Å²) < 4.78 is 11.2. The molecule has 0 aliphatic carbocycles. The molecule has 30 heavy (non-hydrogen) atoms. The number of furan rings is 1. The van der Waals surface area contributed by atoms with Crippen LogP contribution in [0.3, 0.4) is 0 Å². The predicted molar refractivity (Wildman–Crippen MR) is 123 cm³/mol. The molecule has 1 aliphatic heterocycles. The van der Waals surface area contributed by atoms with E-state index in [2.05, 4.69) is 10.3 Å². The topological polar surface area (TPSA) is 63.8 Å². The molecule has 0 atom stereocenters. The molecule has 8 heteroatoms. The number of ether oxygens (including phenoxy) is 1. The van der Waals surface area contributed by atoms with Crippen molar-refractivity contribution in [1.82, 2.24) is 5.32 Å². The first kappa shape index (κ1) is 20.6. The Labute approximate surface area is 187 Å². The normalized spacial score (nSPS) is 16.3. The molecule has 1 amide bonds. The van der Waals surface area contributed by atoms with E-state index in [9.17, 15) is 4.79 Å². The third kappa shape index (κ3) is 4.41. The Balaban J connectivity index is 1.57. The zero-order chi connectivity index (χ0) is 21.3. The summed E-state index contributed by atoms with van der Waals surface area (Å²) in [6.45, 7) is 1.97. The van der Waals surface area contributed by atoms with Crippen molar-refractivity contribution in [2.24, 2.45) is 4.99 Å². The fourth-order valence-electron chi connectivity index (χ4n) is 2.84. The van der Waals surface area contributed by atoms with Gasteiger partial charge in [0.05, 0.1) is 22.1 Å². The van der Waals surface area contributed by atoms with Gasteiger partial charge < -0.3 is 14.5 Å². The van der Waals surface area contributed by atoms with Crippen molar-refractivity contribution in [3.05, 3.63) is 74.8 Å². The molecule has 1 aliphatic rings. The Kier molecular flexibility index (Phi) is 5.90. The summed E-state index contributed by atoms with van der Waals surface area (Å²) in [4.78, 5) is 17.4. The van der Waals surface area contributed by atoms with Crippen LogP contribution in [0.15, 0.2) is 62.8 Å². The highest BCUT2D eigenvalue weighted by molar-refractivity contribution is 8.18. The lowest BCUT2D eigenvalue weighted by Gasteiger charge is -2.05. The maximum atomic E-state index is 12.4. The lowest BCUT2D eigenvalue weighted by Crippen LogP contribution is -2.19. The van der Waals surface area contributed by atoms with Gasteiger partial charge in [-0.1, -0.05) is 29.3 Å². The van der Waals surface area contributed by atoms with Gasteiger partial charge in [-0.3, -0.25) is 4.79 Å². The summed E-state index contributed by atoms with van der Waals surface area (Å²) in [7, 11) is 1.59. The third-order valence-corrected chi connectivity index (χ3v) is 5.96. The standard InChI is InChI=1S/C22H16Cl2N2O3S/c1-12-3-7-19(28-2)17(9-12)25-22-26-21(27)20(30-22)11-14-5-8-18(29-14)13-4-6-15(23)16(24)10-13/h3-11H,1-2H3,(H,25,26,27)/b20-11-. The molecule has 0 radical (unpaired) electrons. The van der Waals surface area contributed by atoms with E-state index in [4.69, 9.17) is 32.4 Å². The number of benzene rings is 2. The molecule has 4 rings (SSSR count). The molecule has 1 N–H and O–H groups in total. The van der Waals surface area contributed by atoms with Crippen LogP contribution in [-0.2, 0) is 4.79 Å². The molecule has 0 saturated carbocycles. The summed E-state index contributed by atoms with van der Waals surface area (Å²) in [5.41, 5.74) is 2.50. The van der Waals surface area contributed by atoms with Crippen LogP contribution in [-0.4, -0.2) is 18.2 Å². The van der Waals surface area contributed by atoms with Crippen molar-refractivity contribution >= 4 is 57.8 Å². The molecular weight excluding hydrogens is 443 g/mol. The fraction of sp³-hybridized carbons (Fsp3) is 0.0909. The number of aliphatic imine (C=N–C) groups is 1. The van der Waals surface area contributed by atoms with Crippen LogP contribution in [0.4, 0.5) is 5.69 Å². The van der Waals surface area contributed by atoms with Crippen molar-refractivity contribution in [2.75, 3.05) is 7.11 Å². The largest absolute Gasteiger partial charge is 0.494 e. The summed E-state index contributed by atoms with van der Waals surface area (Å²) >= 11 is 13.3. The summed E-state index contributed by atoms with van der Waals surface area (Å²) in [6, 6.07) is 14.6. The number of aryl methyl sites for hydroxylation is 1. The van der Waals surface area contributed by atoms with Crippen LogP contribution in [0.25, 0.3) is 17.4 Å². The van der Waals surface area contributed by atoms with E-state index < -0.39 is 0 Å². The van der Waals surface area contributed by atoms with Gasteiger partial charge in [-0.15, -0.1) is 0 Å². The highest BCUT2D eigenvalue weighted by Gasteiger charge is 2.25. The molecule has 1 saturated heterocycles. The van der Waals surface area contributed by atoms with Gasteiger partial charge in [-0.25, -0.2) is 4.99 Å². The lowest BCUT2D eigenvalue weighted by atomic mass is 10.2. The van der Waals surface area contributed by atoms with Gasteiger partial charge in [-0.2, -0.15) is 0 Å². The zero-order valence-corrected chi connectivity index (χ0v) is 18.4. The van der Waals surface area contributed by atoms with E-state index in [0.717, 1.165) is 11.1 Å². The van der Waals surface area contributed by atoms with Gasteiger partial charge in [0.1, 0.15) is 23.0 Å². The van der Waals surface area contributed by atoms with E-state index in [1.165, 1.54) is 11.8 Å². The maximum absolute atomic E-state index is 12.4. The maximum Gasteiger partial charge on any atom is 0.264 e. The van der Waals surface area contributed by atoms with Gasteiger partial charge in [0.15, 0.2) is 5.17 Å². The quantitative estimate of drug-likeness (QED) is 0.455. The minimum Gasteiger partial charge on any atom is -0.494 e. The van der Waals surface area contributed by atoms with E-state index in [0.29, 0.717) is 43.1 Å². The molecule has 0 spiro atoms. The molecule has 0 bridgehead atoms. The third-order valence-electron chi connectivity index (χ3n) is 4.31. The SMILES string of the molecule is COc1ccc(C)cc1N=C1NC(=O)/C(=C/c2ccc(-c3ccc(Cl)c(Cl)c3)o2)S1. The number of hydrogen-bond donors (Lipinski definition) is 1. The van der Waals surface area contributed by atoms with E-state index in [1.807, 2.05) is 37.3 Å². The number of halogens is 2. The van der Waals surface area contributed by atoms with Crippen LogP contribution in [0.1, 0.15) is 11.3 Å². The van der Waals surface area contributed by atoms with E-state index in [-0.39, 0.29) is 5.91 Å². The second kappa shape index (κ2) is 8.60. The summed E-state index contributed by atoms with van der Waals surface area (Å²) in [6.07, 6.45) is 1.68. The number of amidine groups is 1. The van der Waals surface area contributed by atoms with Gasteiger partial charge in [0, 0.05) is 11.6 Å². The smallest absolute Gasteiger partial charge is 0.264 e. The fourth-order valence-corrected chi connectivity index (χ4v) is 3.95. The number of carbonyl (C=O) groups is 1. The number of thioether (sulfide) groups is 1. The van der Waals surface area contributed by atoms with Crippen molar-refractivity contribution in [3.8, 4) is 17.1 Å². The van der Waals surface area contributed by atoms with Gasteiger partial charge in [-0.05, 0) is 66.7 Å². The van der Waals surface area contributed by atoms with Crippen LogP contribution in [0.5, 0.6) is 5.75 Å². The number of hydrogen-bond acceptors (Lipinski definition) is 5. The van der Waals surface area contributed by atoms with Gasteiger partial charge in [0.2, 0.25) is 0 Å². The molecular formula is C22H16Cl2N2O3S. The Bertz CT molecular complexity index is 1200. The highest BCUT2D eigenvalue weighted by atomic mass is 35.5. The van der Waals surface area contributed by atoms with E-state index >= 15 is 0 Å². The first-order valence-corrected chi connectivity index (χ1v) is 10.5. The summed E-state index contributed by atoms with van der Waals surface area (Å²) in [5.74, 6) is 1.57. The lowest BCUT2D eigenvalue weighted by molar-refractivity contribution is -0.115. The molecule has 3 aromatic rings. The number of methoxy groups -OCH3 is 1. The first-order valence-electron chi connectivity index (χ1n) is 8.92. The van der Waals surface area contributed by atoms with Crippen LogP contribution < -0.4 is 10.1 Å². The zero-order valence-electron chi connectivity index (χ0n) is 16.0. The molecule has 1 aromatic heterocycles. The summed E-state index contributed by atoms with van der Waals surface area (Å²) in [5, 5.41) is 4.18. The molecule has 5 nitrogen and oxygen atoms in total. The van der Waals surface area contributed by atoms with Crippen LogP contribution in [0.2, 0.25) is 10.0 Å². The molecule has 1 fully saturated rings. The molecule has 2 heterocycles. The monoisotopic (exact) mass is 458 g/mol. The Morgan fingerprint density at radius 2 is 1.93 bits per heavy atom. The van der Waals surface area contributed by atoms with Crippen molar-refractivity contribution in [1.29, 1.82) is 0 Å². The predicted octanol–water partition coefficient (Wildman–Crippen LogP) is 6.46. The minimum absolute atomic E-state index is 0.238. The Morgan fingerprint density at radius 1 is 1.10 bits per heavy atom. The first-order chi connectivity index (χ1) is 14.4. The number of nitrogens with zero attached hydrogens (tertiary/aromatic N) is 1. The van der Waals surface area contributed by atoms with Crippen molar-refractivity contribution in [3.63, 3.8) is 0 Å². The van der Waals surface area contributed by atoms with Gasteiger partial charge in [0.25, 0.3) is 5.91 Å². The highest BCUT2D eigenvalue weighted by Crippen LogP contribution is 2.34. The average Bonchev–Trinajstić information content (AvgIpc) is 3.31. The number of nitrogens with one attached hydrogen (secondary N) is 1. The number of carbonyl (C=O) groups excluding carboxylic acids is 1. The second-order valence-electron chi connectivity index (χ2n) is 6.49.